The number of rotatable bonds is 11. The van der Waals surface area contributed by atoms with Gasteiger partial charge in [0.2, 0.25) is 5.95 Å². The molecule has 0 amide bonds. The van der Waals surface area contributed by atoms with Crippen LogP contribution in [0.1, 0.15) is 68.9 Å². The number of hydrogen-bond donors (Lipinski definition) is 4. The highest BCUT2D eigenvalue weighted by atomic mass is 35.5. The van der Waals surface area contributed by atoms with Crippen LogP contribution < -0.4 is 21.3 Å². The number of hydrogen-bond acceptors (Lipinski definition) is 7. The highest BCUT2D eigenvalue weighted by Gasteiger charge is 2.55. The van der Waals surface area contributed by atoms with E-state index >= 15 is 0 Å². The Morgan fingerprint density at radius 1 is 1.02 bits per heavy atom. The number of anilines is 2. The van der Waals surface area contributed by atoms with Crippen molar-refractivity contribution in [2.24, 2.45) is 23.2 Å². The molecule has 0 aliphatic heterocycles. The van der Waals surface area contributed by atoms with Gasteiger partial charge in [-0.1, -0.05) is 29.8 Å². The highest BCUT2D eigenvalue weighted by Crippen LogP contribution is 2.60. The van der Waals surface area contributed by atoms with E-state index in [1.165, 1.54) is 44.9 Å². The normalized spacial score (nSPS) is 32.5. The van der Waals surface area contributed by atoms with E-state index in [1.807, 2.05) is 24.3 Å². The third-order valence-electron chi connectivity index (χ3n) is 10.0. The van der Waals surface area contributed by atoms with Crippen LogP contribution in [0.3, 0.4) is 0 Å². The SMILES string of the molecule is N#Cc1cnc(NCc2ccccc2Cl)nc1NCC12CC3C[C@H](C1)C(NC1CCC(NCCF)CC1)[C@@H](C3)C2. The van der Waals surface area contributed by atoms with Crippen LogP contribution in [0.15, 0.2) is 30.5 Å². The Bertz CT molecular complexity index is 1190. The summed E-state index contributed by atoms with van der Waals surface area (Å²) in [6, 6.07) is 11.7. The Kier molecular flexibility index (Phi) is 8.43. The molecule has 5 atom stereocenters. The number of nitrogens with one attached hydrogen (secondary N) is 4. The van der Waals surface area contributed by atoms with E-state index < -0.39 is 0 Å². The van der Waals surface area contributed by atoms with Crippen LogP contribution in [-0.2, 0) is 6.54 Å². The molecule has 4 N–H and O–H groups in total. The Balaban J connectivity index is 1.06. The quantitative estimate of drug-likeness (QED) is 0.278. The lowest BCUT2D eigenvalue weighted by Crippen LogP contribution is -2.61. The number of aromatic nitrogens is 2. The van der Waals surface area contributed by atoms with Crippen molar-refractivity contribution in [1.82, 2.24) is 20.6 Å². The van der Waals surface area contributed by atoms with E-state index in [-0.39, 0.29) is 12.1 Å². The minimum atomic E-state index is -0.280. The lowest BCUT2D eigenvalue weighted by molar-refractivity contribution is -0.0730. The predicted molar refractivity (Wildman–Crippen MR) is 157 cm³/mol. The summed E-state index contributed by atoms with van der Waals surface area (Å²) in [5, 5.41) is 24.8. The maximum absolute atomic E-state index is 12.5. The molecule has 1 aromatic carbocycles. The molecule has 5 aliphatic rings. The first-order chi connectivity index (χ1) is 19.5. The van der Waals surface area contributed by atoms with Crippen LogP contribution in [-0.4, -0.2) is 47.9 Å². The van der Waals surface area contributed by atoms with Crippen LogP contribution in [0.5, 0.6) is 0 Å². The topological polar surface area (TPSA) is 97.7 Å². The third-order valence-corrected chi connectivity index (χ3v) is 10.4. The number of nitrogens with zero attached hydrogens (tertiary/aromatic N) is 3. The average Bonchev–Trinajstić information content (AvgIpc) is 2.97. The molecule has 0 radical (unpaired) electrons. The van der Waals surface area contributed by atoms with E-state index in [0.29, 0.717) is 53.6 Å². The van der Waals surface area contributed by atoms with Crippen molar-refractivity contribution in [1.29, 1.82) is 5.26 Å². The number of benzene rings is 1. The van der Waals surface area contributed by atoms with Crippen LogP contribution in [0, 0.1) is 34.5 Å². The first-order valence-electron chi connectivity index (χ1n) is 15.1. The average molecular weight is 566 g/mol. The molecule has 7 rings (SSSR count). The van der Waals surface area contributed by atoms with E-state index in [4.69, 9.17) is 11.6 Å². The zero-order valence-electron chi connectivity index (χ0n) is 23.1. The van der Waals surface area contributed by atoms with Gasteiger partial charge in [0.1, 0.15) is 24.1 Å². The lowest BCUT2D eigenvalue weighted by Gasteiger charge is -2.61. The summed E-state index contributed by atoms with van der Waals surface area (Å²) in [5.41, 5.74) is 1.72. The fourth-order valence-electron chi connectivity index (χ4n) is 8.45. The maximum Gasteiger partial charge on any atom is 0.224 e. The molecule has 5 fully saturated rings. The van der Waals surface area contributed by atoms with Crippen molar-refractivity contribution in [3.63, 3.8) is 0 Å². The van der Waals surface area contributed by atoms with Gasteiger partial charge in [0.05, 0.1) is 6.20 Å². The van der Waals surface area contributed by atoms with Crippen LogP contribution in [0.4, 0.5) is 16.2 Å². The minimum absolute atomic E-state index is 0.269. The van der Waals surface area contributed by atoms with Crippen molar-refractivity contribution in [2.75, 3.05) is 30.4 Å². The summed E-state index contributed by atoms with van der Waals surface area (Å²) < 4.78 is 12.5. The summed E-state index contributed by atoms with van der Waals surface area (Å²) in [6.07, 6.45) is 12.7. The highest BCUT2D eigenvalue weighted by molar-refractivity contribution is 6.31. The molecule has 7 nitrogen and oxygen atoms in total. The van der Waals surface area contributed by atoms with Crippen LogP contribution in [0.25, 0.3) is 0 Å². The van der Waals surface area contributed by atoms with Gasteiger partial charge >= 0.3 is 0 Å². The van der Waals surface area contributed by atoms with Crippen molar-refractivity contribution in [2.45, 2.75) is 82.5 Å². The van der Waals surface area contributed by atoms with E-state index in [1.54, 1.807) is 6.20 Å². The van der Waals surface area contributed by atoms with Gasteiger partial charge in [0.25, 0.3) is 0 Å². The summed E-state index contributed by atoms with van der Waals surface area (Å²) in [6.45, 7) is 1.57. The summed E-state index contributed by atoms with van der Waals surface area (Å²) >= 11 is 6.30. The molecule has 9 heteroatoms. The summed E-state index contributed by atoms with van der Waals surface area (Å²) in [7, 11) is 0. The molecule has 1 heterocycles. The summed E-state index contributed by atoms with van der Waals surface area (Å²) in [5.74, 6) is 3.37. The molecule has 1 aromatic heterocycles. The van der Waals surface area contributed by atoms with Crippen molar-refractivity contribution in [3.8, 4) is 6.07 Å². The minimum Gasteiger partial charge on any atom is -0.368 e. The molecule has 5 aliphatic carbocycles. The number of halogens is 2. The molecule has 5 saturated carbocycles. The van der Waals surface area contributed by atoms with Gasteiger partial charge in [-0.2, -0.15) is 10.2 Å². The van der Waals surface area contributed by atoms with E-state index in [2.05, 4.69) is 37.3 Å². The monoisotopic (exact) mass is 565 g/mol. The second kappa shape index (κ2) is 12.2. The van der Waals surface area contributed by atoms with Gasteiger partial charge < -0.3 is 21.3 Å². The van der Waals surface area contributed by atoms with E-state index in [9.17, 15) is 9.65 Å². The molecular weight excluding hydrogens is 525 g/mol. The Morgan fingerprint density at radius 3 is 2.50 bits per heavy atom. The number of alkyl halides is 1. The third kappa shape index (κ3) is 6.07. The molecule has 40 heavy (non-hydrogen) atoms. The zero-order chi connectivity index (χ0) is 27.5. The first kappa shape index (κ1) is 27.7. The first-order valence-corrected chi connectivity index (χ1v) is 15.5. The Hall–Kier alpha value is -2.47. The Morgan fingerprint density at radius 2 is 1.77 bits per heavy atom. The van der Waals surface area contributed by atoms with Gasteiger partial charge in [-0.3, -0.25) is 0 Å². The van der Waals surface area contributed by atoms with E-state index in [0.717, 1.165) is 42.7 Å². The standard InChI is InChI=1S/C31H41ClFN7/c32-27-4-2-1-3-21(27)17-36-30-37-18-24(16-34)29(40-30)38-19-31-13-20-11-22(14-31)28(23(12-20)15-31)39-26-7-5-25(6-8-26)35-10-9-33/h1-4,18,20,22-23,25-26,28,35,39H,5-15,17,19H2,(H2,36,37,38,40)/t20?,22-,23+,25?,26?,28?,31?. The van der Waals surface area contributed by atoms with Gasteiger partial charge in [0.15, 0.2) is 0 Å². The molecule has 3 unspecified atom stereocenters. The second-order valence-corrected chi connectivity index (χ2v) is 13.1. The van der Waals surface area contributed by atoms with Crippen molar-refractivity contribution >= 4 is 23.4 Å². The van der Waals surface area contributed by atoms with Gasteiger partial charge in [-0.15, -0.1) is 0 Å². The van der Waals surface area contributed by atoms with Crippen molar-refractivity contribution < 1.29 is 4.39 Å². The smallest absolute Gasteiger partial charge is 0.224 e. The summed E-state index contributed by atoms with van der Waals surface area (Å²) in [4.78, 5) is 9.04. The van der Waals surface area contributed by atoms with Crippen molar-refractivity contribution in [3.05, 3.63) is 46.6 Å². The molecular formula is C31H41ClFN7. The Labute approximate surface area is 242 Å². The second-order valence-electron chi connectivity index (χ2n) is 12.7. The van der Waals surface area contributed by atoms with Gasteiger partial charge in [-0.25, -0.2) is 9.37 Å². The lowest BCUT2D eigenvalue weighted by atomic mass is 9.47. The molecule has 214 valence electrons. The van der Waals surface area contributed by atoms with Crippen LogP contribution in [0.2, 0.25) is 5.02 Å². The van der Waals surface area contributed by atoms with Crippen LogP contribution >= 0.6 is 11.6 Å². The maximum atomic E-state index is 12.5. The van der Waals surface area contributed by atoms with Gasteiger partial charge in [0, 0.05) is 42.8 Å². The zero-order valence-corrected chi connectivity index (χ0v) is 23.9. The molecule has 4 bridgehead atoms. The predicted octanol–water partition coefficient (Wildman–Crippen LogP) is 5.68. The fraction of sp³-hybridized carbons (Fsp3) is 0.645. The van der Waals surface area contributed by atoms with Gasteiger partial charge in [-0.05, 0) is 92.6 Å². The molecule has 0 saturated heterocycles. The largest absolute Gasteiger partial charge is 0.368 e. The fourth-order valence-corrected chi connectivity index (χ4v) is 8.65. The molecule has 2 aromatic rings. The number of nitriles is 1. The molecule has 0 spiro atoms.